The van der Waals surface area contributed by atoms with E-state index in [1.807, 2.05) is 44.2 Å². The van der Waals surface area contributed by atoms with Crippen LogP contribution in [0.1, 0.15) is 74.5 Å². The molecule has 5 nitrogen and oxygen atoms in total. The van der Waals surface area contributed by atoms with Gasteiger partial charge in [-0.25, -0.2) is 0 Å². The van der Waals surface area contributed by atoms with Crippen molar-refractivity contribution in [2.45, 2.75) is 80.7 Å². The molecule has 5 aromatic carbocycles. The third-order valence-corrected chi connectivity index (χ3v) is 12.6. The van der Waals surface area contributed by atoms with E-state index < -0.39 is 15.9 Å². The minimum Gasteiger partial charge on any atom is -0.487 e. The van der Waals surface area contributed by atoms with Gasteiger partial charge in [-0.1, -0.05) is 119 Å². The number of nitrogen functional groups attached to an aromatic ring is 1. The van der Waals surface area contributed by atoms with Crippen LogP contribution in [0.3, 0.4) is 0 Å². The van der Waals surface area contributed by atoms with Crippen LogP contribution >= 0.6 is 10.3 Å². The molecule has 0 unspecified atom stereocenters. The van der Waals surface area contributed by atoms with Crippen LogP contribution in [0.2, 0.25) is 0 Å². The number of hydrogen-bond donors (Lipinski definition) is 2. The third-order valence-electron chi connectivity index (χ3n) is 8.53. The van der Waals surface area contributed by atoms with E-state index in [4.69, 9.17) is 14.7 Å². The van der Waals surface area contributed by atoms with E-state index in [0.717, 1.165) is 13.1 Å². The third kappa shape index (κ3) is 9.51. The number of nitrogens with two attached hydrogens (primary N) is 1. The van der Waals surface area contributed by atoms with Gasteiger partial charge in [0.25, 0.3) is 0 Å². The summed E-state index contributed by atoms with van der Waals surface area (Å²) in [4.78, 5) is 15.1. The van der Waals surface area contributed by atoms with E-state index in [0.29, 0.717) is 42.0 Å². The van der Waals surface area contributed by atoms with Gasteiger partial charge in [0.15, 0.2) is 5.78 Å². The quantitative estimate of drug-likeness (QED) is 0.0911. The molecule has 5 aromatic rings. The second-order valence-electron chi connectivity index (χ2n) is 14.1. The van der Waals surface area contributed by atoms with Crippen molar-refractivity contribution in [2.24, 2.45) is 0 Å². The normalized spacial score (nSPS) is 13.8. The Morgan fingerprint density at radius 2 is 1.25 bits per heavy atom. The molecule has 6 rings (SSSR count). The molecule has 0 aromatic heterocycles. The number of fused-ring (bicyclic) bond motifs is 1. The maximum Gasteiger partial charge on any atom is 0.172 e. The molecular formula is C45H50N2O3S. The number of ketones is 1. The van der Waals surface area contributed by atoms with Crippen molar-refractivity contribution in [1.82, 2.24) is 5.32 Å². The van der Waals surface area contributed by atoms with Gasteiger partial charge in [-0.3, -0.25) is 4.79 Å². The van der Waals surface area contributed by atoms with Crippen LogP contribution in [-0.2, 0) is 17.3 Å². The summed E-state index contributed by atoms with van der Waals surface area (Å²) in [6.07, 6.45) is 0.837. The van der Waals surface area contributed by atoms with Gasteiger partial charge in [-0.05, 0) is 82.1 Å². The van der Waals surface area contributed by atoms with Crippen LogP contribution in [0.4, 0.5) is 5.69 Å². The summed E-state index contributed by atoms with van der Waals surface area (Å²) in [5, 5.41) is 3.42. The van der Waals surface area contributed by atoms with Gasteiger partial charge in [0, 0.05) is 39.6 Å². The first kappa shape index (κ1) is 37.5. The molecule has 0 atom stereocenters. The molecule has 3 N–H and O–H groups in total. The SMILES string of the molecule is CC1(C)CC(=O)c2c(ccc(C#CCCOS(c3ccccc3)(c3ccccc3)C(C)(C)C)c2N)O1.c1ccc(CNCc2ccccc2)cc1. The Labute approximate surface area is 306 Å². The number of rotatable bonds is 9. The second kappa shape index (κ2) is 16.9. The fourth-order valence-corrected chi connectivity index (χ4v) is 9.91. The molecule has 0 saturated heterocycles. The molecule has 264 valence electrons. The summed E-state index contributed by atoms with van der Waals surface area (Å²) in [5.41, 5.74) is 9.96. The van der Waals surface area contributed by atoms with Crippen LogP contribution in [0, 0.1) is 11.8 Å². The van der Waals surface area contributed by atoms with Crippen molar-refractivity contribution < 1.29 is 13.7 Å². The van der Waals surface area contributed by atoms with E-state index in [1.165, 1.54) is 20.9 Å². The van der Waals surface area contributed by atoms with Crippen LogP contribution < -0.4 is 15.8 Å². The van der Waals surface area contributed by atoms with Crippen molar-refractivity contribution in [1.29, 1.82) is 0 Å². The topological polar surface area (TPSA) is 73.6 Å². The summed E-state index contributed by atoms with van der Waals surface area (Å²) >= 11 is 0. The summed E-state index contributed by atoms with van der Waals surface area (Å²) < 4.78 is 12.7. The predicted molar refractivity (Wildman–Crippen MR) is 212 cm³/mol. The molecule has 1 aliphatic rings. The average Bonchev–Trinajstić information content (AvgIpc) is 3.11. The highest BCUT2D eigenvalue weighted by molar-refractivity contribution is 8.31. The minimum absolute atomic E-state index is 0.00461. The number of nitrogens with one attached hydrogen (secondary N) is 1. The van der Waals surface area contributed by atoms with Gasteiger partial charge in [0.05, 0.1) is 24.3 Å². The minimum atomic E-state index is -1.81. The highest BCUT2D eigenvalue weighted by Crippen LogP contribution is 2.71. The molecule has 0 radical (unpaired) electrons. The molecule has 0 spiro atoms. The van der Waals surface area contributed by atoms with Crippen LogP contribution in [0.5, 0.6) is 5.75 Å². The van der Waals surface area contributed by atoms with Crippen LogP contribution in [0.25, 0.3) is 0 Å². The smallest absolute Gasteiger partial charge is 0.172 e. The van der Waals surface area contributed by atoms with Crippen molar-refractivity contribution in [2.75, 3.05) is 12.3 Å². The Hall–Kier alpha value is -4.80. The van der Waals surface area contributed by atoms with E-state index in [1.54, 1.807) is 6.07 Å². The lowest BCUT2D eigenvalue weighted by Crippen LogP contribution is -2.36. The molecule has 51 heavy (non-hydrogen) atoms. The molecule has 0 saturated carbocycles. The lowest BCUT2D eigenvalue weighted by Gasteiger charge is -2.50. The summed E-state index contributed by atoms with van der Waals surface area (Å²) in [5.74, 6) is 6.90. The molecule has 0 amide bonds. The van der Waals surface area contributed by atoms with Crippen LogP contribution in [0.15, 0.2) is 143 Å². The number of carbonyl (C=O) groups excluding carboxylic acids is 1. The molecule has 0 bridgehead atoms. The van der Waals surface area contributed by atoms with Gasteiger partial charge >= 0.3 is 0 Å². The second-order valence-corrected chi connectivity index (χ2v) is 17.6. The Morgan fingerprint density at radius 3 is 1.75 bits per heavy atom. The number of carbonyl (C=O) groups is 1. The van der Waals surface area contributed by atoms with Gasteiger partial charge in [-0.2, -0.15) is 0 Å². The number of hydrogen-bond acceptors (Lipinski definition) is 5. The zero-order valence-corrected chi connectivity index (χ0v) is 31.3. The Bertz CT molecular complexity index is 1850. The largest absolute Gasteiger partial charge is 0.487 e. The van der Waals surface area contributed by atoms with Gasteiger partial charge in [0.1, 0.15) is 11.4 Å². The Morgan fingerprint density at radius 1 is 0.765 bits per heavy atom. The van der Waals surface area contributed by atoms with Crippen LogP contribution in [-0.4, -0.2) is 22.7 Å². The summed E-state index contributed by atoms with van der Waals surface area (Å²) in [6, 6.07) is 45.5. The molecule has 1 aliphatic heterocycles. The van der Waals surface area contributed by atoms with Crippen molar-refractivity contribution in [3.8, 4) is 17.6 Å². The molecule has 6 heteroatoms. The van der Waals surface area contributed by atoms with E-state index in [2.05, 4.69) is 135 Å². The van der Waals surface area contributed by atoms with Gasteiger partial charge < -0.3 is 20.0 Å². The lowest BCUT2D eigenvalue weighted by atomic mass is 9.91. The standard InChI is InChI=1S/C31H35NO3S.C14H15N/c1-30(2,3)36(24-15-8-6-9-16-24,25-17-10-7-11-18-25)34-21-13-12-14-23-19-20-27-28(29(23)32)26(33)22-31(4,5)35-27;1-3-7-13(8-4-1)11-15-12-14-9-5-2-6-10-14/h6-11,15-20H,13,21-22,32H2,1-5H3;1-10,15H,11-12H2. The van der Waals surface area contributed by atoms with Crippen molar-refractivity contribution >= 4 is 21.8 Å². The maximum atomic E-state index is 12.7. The fraction of sp³-hybridized carbons (Fsp3) is 0.267. The zero-order valence-electron chi connectivity index (χ0n) is 30.4. The number of anilines is 1. The highest BCUT2D eigenvalue weighted by atomic mass is 32.3. The molecular weight excluding hydrogens is 649 g/mol. The van der Waals surface area contributed by atoms with Gasteiger partial charge in [-0.15, -0.1) is 0 Å². The van der Waals surface area contributed by atoms with E-state index in [-0.39, 0.29) is 10.5 Å². The number of benzene rings is 5. The first-order chi connectivity index (χ1) is 24.5. The number of Topliss-reactive ketones (excluding diaryl/α,β-unsaturated/α-hetero) is 1. The molecule has 0 aliphatic carbocycles. The highest BCUT2D eigenvalue weighted by Gasteiger charge is 2.41. The van der Waals surface area contributed by atoms with E-state index in [9.17, 15) is 4.79 Å². The maximum absolute atomic E-state index is 12.7. The first-order valence-electron chi connectivity index (χ1n) is 17.5. The molecule has 0 fully saturated rings. The fourth-order valence-electron chi connectivity index (χ4n) is 6.19. The summed E-state index contributed by atoms with van der Waals surface area (Å²) in [7, 11) is -1.81. The average molecular weight is 699 g/mol. The lowest BCUT2D eigenvalue weighted by molar-refractivity contribution is 0.0622. The summed E-state index contributed by atoms with van der Waals surface area (Å²) in [6.45, 7) is 12.9. The van der Waals surface area contributed by atoms with Crippen molar-refractivity contribution in [3.63, 3.8) is 0 Å². The monoisotopic (exact) mass is 698 g/mol. The first-order valence-corrected chi connectivity index (χ1v) is 19.1. The van der Waals surface area contributed by atoms with Gasteiger partial charge in [0.2, 0.25) is 0 Å². The number of ether oxygens (including phenoxy) is 1. The predicted octanol–water partition coefficient (Wildman–Crippen LogP) is 10.4. The Balaban J connectivity index is 0.000000279. The molecule has 1 heterocycles. The van der Waals surface area contributed by atoms with E-state index >= 15 is 0 Å². The van der Waals surface area contributed by atoms with Crippen molar-refractivity contribution in [3.05, 3.63) is 156 Å². The Kier molecular flexibility index (Phi) is 12.4. The zero-order chi connectivity index (χ0) is 36.3.